The molecule has 4 rings (SSSR count). The SMILES string of the molecule is C[C@H](NC(=O)[C@@](C)(O)CNC(=O)[C@H](Cc1ccccc1)NC(=O)OCC1c2ccccc2-c2ccccc21)C(=O)OC(C)(C)C. The Morgan fingerprint density at radius 3 is 1.96 bits per heavy atom. The van der Waals surface area contributed by atoms with Gasteiger partial charge in [-0.1, -0.05) is 78.9 Å². The molecule has 0 heterocycles. The molecule has 3 aromatic carbocycles. The monoisotopic (exact) mass is 615 g/mol. The van der Waals surface area contributed by atoms with E-state index >= 15 is 0 Å². The van der Waals surface area contributed by atoms with E-state index in [0.29, 0.717) is 0 Å². The van der Waals surface area contributed by atoms with Crippen molar-refractivity contribution in [1.29, 1.82) is 0 Å². The van der Waals surface area contributed by atoms with E-state index in [1.54, 1.807) is 20.8 Å². The molecule has 45 heavy (non-hydrogen) atoms. The van der Waals surface area contributed by atoms with Crippen LogP contribution in [-0.4, -0.2) is 65.4 Å². The molecule has 4 N–H and O–H groups in total. The Morgan fingerprint density at radius 2 is 1.38 bits per heavy atom. The summed E-state index contributed by atoms with van der Waals surface area (Å²) >= 11 is 0. The van der Waals surface area contributed by atoms with Crippen LogP contribution >= 0.6 is 0 Å². The van der Waals surface area contributed by atoms with Gasteiger partial charge in [-0.2, -0.15) is 0 Å². The molecule has 0 saturated heterocycles. The molecule has 1 aliphatic rings. The van der Waals surface area contributed by atoms with Crippen LogP contribution in [0.5, 0.6) is 0 Å². The zero-order valence-electron chi connectivity index (χ0n) is 26.3. The summed E-state index contributed by atoms with van der Waals surface area (Å²) in [6.07, 6.45) is -0.635. The van der Waals surface area contributed by atoms with Gasteiger partial charge in [0.25, 0.3) is 5.91 Å². The van der Waals surface area contributed by atoms with Crippen molar-refractivity contribution >= 4 is 23.9 Å². The van der Waals surface area contributed by atoms with Gasteiger partial charge in [0.05, 0.1) is 6.54 Å². The lowest BCUT2D eigenvalue weighted by atomic mass is 9.98. The van der Waals surface area contributed by atoms with Crippen molar-refractivity contribution in [3.05, 3.63) is 95.6 Å². The first-order chi connectivity index (χ1) is 21.2. The van der Waals surface area contributed by atoms with Gasteiger partial charge in [-0.15, -0.1) is 0 Å². The van der Waals surface area contributed by atoms with Gasteiger partial charge in [0.1, 0.15) is 24.3 Å². The van der Waals surface area contributed by atoms with Crippen LogP contribution in [0, 0.1) is 0 Å². The molecule has 0 spiro atoms. The van der Waals surface area contributed by atoms with Crippen molar-refractivity contribution in [3.8, 4) is 11.1 Å². The number of ether oxygens (including phenoxy) is 2. The Labute approximate surface area is 263 Å². The maximum atomic E-state index is 13.3. The van der Waals surface area contributed by atoms with E-state index in [1.807, 2.05) is 78.9 Å². The quantitative estimate of drug-likeness (QED) is 0.240. The fraction of sp³-hybridized carbons (Fsp3) is 0.371. The van der Waals surface area contributed by atoms with E-state index in [4.69, 9.17) is 9.47 Å². The van der Waals surface area contributed by atoms with Crippen molar-refractivity contribution in [3.63, 3.8) is 0 Å². The van der Waals surface area contributed by atoms with Crippen LogP contribution in [-0.2, 0) is 30.3 Å². The predicted octanol–water partition coefficient (Wildman–Crippen LogP) is 3.85. The van der Waals surface area contributed by atoms with Crippen molar-refractivity contribution in [2.24, 2.45) is 0 Å². The number of rotatable bonds is 11. The van der Waals surface area contributed by atoms with Crippen molar-refractivity contribution in [1.82, 2.24) is 16.0 Å². The highest BCUT2D eigenvalue weighted by molar-refractivity contribution is 5.91. The Balaban J connectivity index is 1.39. The minimum atomic E-state index is -2.06. The van der Waals surface area contributed by atoms with Crippen LogP contribution < -0.4 is 16.0 Å². The Morgan fingerprint density at radius 1 is 0.822 bits per heavy atom. The number of esters is 1. The highest BCUT2D eigenvalue weighted by Crippen LogP contribution is 2.44. The molecule has 0 unspecified atom stereocenters. The molecular weight excluding hydrogens is 574 g/mol. The standard InChI is InChI=1S/C35H41N3O7/c1-22(31(40)45-34(2,3)4)37-32(41)35(5,43)21-36-30(39)29(19-23-13-7-6-8-14-23)38-33(42)44-20-28-26-17-11-9-15-24(26)25-16-10-12-18-27(25)28/h6-18,22,28-29,43H,19-21H2,1-5H3,(H,36,39)(H,37,41)(H,38,42)/t22-,29-,35-/m0/s1. The molecule has 10 nitrogen and oxygen atoms in total. The number of benzene rings is 3. The highest BCUT2D eigenvalue weighted by Gasteiger charge is 2.35. The van der Waals surface area contributed by atoms with Crippen LogP contribution in [0.2, 0.25) is 0 Å². The molecule has 1 aliphatic carbocycles. The van der Waals surface area contributed by atoms with Crippen LogP contribution in [0.15, 0.2) is 78.9 Å². The summed E-state index contributed by atoms with van der Waals surface area (Å²) in [5.74, 6) is -2.31. The van der Waals surface area contributed by atoms with E-state index in [2.05, 4.69) is 16.0 Å². The maximum Gasteiger partial charge on any atom is 0.407 e. The van der Waals surface area contributed by atoms with Crippen LogP contribution in [0.1, 0.15) is 57.2 Å². The van der Waals surface area contributed by atoms with E-state index in [-0.39, 0.29) is 18.9 Å². The topological polar surface area (TPSA) is 143 Å². The number of alkyl carbamates (subject to hydrolysis) is 1. The molecule has 0 bridgehead atoms. The van der Waals surface area contributed by atoms with Gasteiger partial charge in [0.2, 0.25) is 5.91 Å². The van der Waals surface area contributed by atoms with Gasteiger partial charge in [-0.05, 0) is 62.4 Å². The Hall–Kier alpha value is -4.70. The fourth-order valence-electron chi connectivity index (χ4n) is 5.11. The number of nitrogens with one attached hydrogen (secondary N) is 3. The molecule has 3 aromatic rings. The molecule has 0 aliphatic heterocycles. The average Bonchev–Trinajstić information content (AvgIpc) is 3.31. The highest BCUT2D eigenvalue weighted by atomic mass is 16.6. The largest absolute Gasteiger partial charge is 0.458 e. The second-order valence-electron chi connectivity index (χ2n) is 12.4. The molecule has 3 atom stereocenters. The van der Waals surface area contributed by atoms with Gasteiger partial charge >= 0.3 is 12.1 Å². The van der Waals surface area contributed by atoms with E-state index in [1.165, 1.54) is 13.8 Å². The first-order valence-electron chi connectivity index (χ1n) is 14.9. The molecular formula is C35H41N3O7. The number of hydrogen-bond donors (Lipinski definition) is 4. The molecule has 10 heteroatoms. The number of amides is 3. The summed E-state index contributed by atoms with van der Waals surface area (Å²) < 4.78 is 10.9. The van der Waals surface area contributed by atoms with Crippen LogP contribution in [0.4, 0.5) is 4.79 Å². The number of carbonyl (C=O) groups is 4. The minimum Gasteiger partial charge on any atom is -0.458 e. The summed E-state index contributed by atoms with van der Waals surface area (Å²) in [4.78, 5) is 51.4. The third kappa shape index (κ3) is 8.69. The van der Waals surface area contributed by atoms with E-state index < -0.39 is 53.7 Å². The van der Waals surface area contributed by atoms with Crippen molar-refractivity contribution in [2.75, 3.05) is 13.2 Å². The summed E-state index contributed by atoms with van der Waals surface area (Å²) in [6.45, 7) is 7.36. The van der Waals surface area contributed by atoms with Gasteiger partial charge in [-0.25, -0.2) is 9.59 Å². The number of carbonyl (C=O) groups excluding carboxylic acids is 4. The van der Waals surface area contributed by atoms with E-state index in [0.717, 1.165) is 27.8 Å². The van der Waals surface area contributed by atoms with Crippen molar-refractivity contribution in [2.45, 2.75) is 70.2 Å². The molecule has 0 saturated carbocycles. The summed E-state index contributed by atoms with van der Waals surface area (Å²) in [6, 6.07) is 23.0. The Bertz CT molecular complexity index is 1490. The smallest absolute Gasteiger partial charge is 0.407 e. The van der Waals surface area contributed by atoms with Crippen LogP contribution in [0.3, 0.4) is 0 Å². The molecule has 3 amide bonds. The number of fused-ring (bicyclic) bond motifs is 3. The minimum absolute atomic E-state index is 0.0737. The van der Waals surface area contributed by atoms with Gasteiger partial charge < -0.3 is 30.5 Å². The first kappa shape index (κ1) is 33.2. The third-order valence-corrected chi connectivity index (χ3v) is 7.44. The first-order valence-corrected chi connectivity index (χ1v) is 14.9. The Kier molecular flexibility index (Phi) is 10.3. The number of aliphatic hydroxyl groups is 1. The molecule has 0 radical (unpaired) electrons. The average molecular weight is 616 g/mol. The second-order valence-corrected chi connectivity index (χ2v) is 12.4. The van der Waals surface area contributed by atoms with Crippen molar-refractivity contribution < 1.29 is 33.8 Å². The molecule has 238 valence electrons. The van der Waals surface area contributed by atoms with Gasteiger partial charge in [-0.3, -0.25) is 9.59 Å². The lowest BCUT2D eigenvalue weighted by molar-refractivity contribution is -0.159. The van der Waals surface area contributed by atoms with Crippen LogP contribution in [0.25, 0.3) is 11.1 Å². The maximum absolute atomic E-state index is 13.3. The molecule has 0 fully saturated rings. The zero-order valence-corrected chi connectivity index (χ0v) is 26.3. The second kappa shape index (κ2) is 13.9. The summed E-state index contributed by atoms with van der Waals surface area (Å²) in [5, 5.41) is 18.5. The normalized spacial score (nSPS) is 15.0. The third-order valence-electron chi connectivity index (χ3n) is 7.44. The lowest BCUT2D eigenvalue weighted by Gasteiger charge is -2.27. The van der Waals surface area contributed by atoms with E-state index in [9.17, 15) is 24.3 Å². The van der Waals surface area contributed by atoms with Gasteiger partial charge in [0, 0.05) is 12.3 Å². The van der Waals surface area contributed by atoms with Gasteiger partial charge in [0.15, 0.2) is 5.60 Å². The fourth-order valence-corrected chi connectivity index (χ4v) is 5.11. The zero-order chi connectivity index (χ0) is 32.8. The lowest BCUT2D eigenvalue weighted by Crippen LogP contribution is -2.57. The summed E-state index contributed by atoms with van der Waals surface area (Å²) in [5.41, 5.74) is 2.29. The predicted molar refractivity (Wildman–Crippen MR) is 169 cm³/mol. The molecule has 0 aromatic heterocycles. The number of hydrogen-bond acceptors (Lipinski definition) is 7. The summed E-state index contributed by atoms with van der Waals surface area (Å²) in [7, 11) is 0.